The van der Waals surface area contributed by atoms with Gasteiger partial charge in [0, 0.05) is 0 Å². The van der Waals surface area contributed by atoms with Crippen LogP contribution < -0.4 is 0 Å². The molecule has 0 fully saturated rings. The molecule has 12 heavy (non-hydrogen) atoms. The molecule has 0 heterocycles. The van der Waals surface area contributed by atoms with Crippen LogP contribution in [0.3, 0.4) is 0 Å². The fourth-order valence-corrected chi connectivity index (χ4v) is 1.44. The molecule has 1 N–H and O–H groups in total. The molecular formula is C9H20O2Si. The van der Waals surface area contributed by atoms with Gasteiger partial charge in [0.25, 0.3) is 5.95 Å². The zero-order chi connectivity index (χ0) is 9.99. The SMILES string of the molecule is C=C(O)OC[Si](C)(C)C(C)(C)C. The van der Waals surface area contributed by atoms with E-state index in [2.05, 4.69) is 40.4 Å². The lowest BCUT2D eigenvalue weighted by atomic mass is 10.2. The minimum atomic E-state index is -1.41. The molecule has 0 spiro atoms. The summed E-state index contributed by atoms with van der Waals surface area (Å²) in [5.74, 6) is -0.167. The molecule has 0 saturated heterocycles. The minimum absolute atomic E-state index is 0.167. The van der Waals surface area contributed by atoms with Crippen molar-refractivity contribution in [3.63, 3.8) is 0 Å². The molecular weight excluding hydrogens is 168 g/mol. The molecule has 0 unspecified atom stereocenters. The predicted molar refractivity (Wildman–Crippen MR) is 54.9 cm³/mol. The molecule has 0 saturated carbocycles. The van der Waals surface area contributed by atoms with Crippen molar-refractivity contribution in [2.24, 2.45) is 0 Å². The highest BCUT2D eigenvalue weighted by Gasteiger charge is 2.36. The number of hydrogen-bond donors (Lipinski definition) is 1. The van der Waals surface area contributed by atoms with E-state index in [0.717, 1.165) is 0 Å². The largest absolute Gasteiger partial charge is 0.481 e. The zero-order valence-electron chi connectivity index (χ0n) is 8.77. The Hall–Kier alpha value is -0.443. The van der Waals surface area contributed by atoms with Gasteiger partial charge in [0.15, 0.2) is 0 Å². The van der Waals surface area contributed by atoms with Crippen LogP contribution in [0.25, 0.3) is 0 Å². The first-order valence-electron chi connectivity index (χ1n) is 4.17. The van der Waals surface area contributed by atoms with Crippen molar-refractivity contribution in [2.45, 2.75) is 38.9 Å². The fourth-order valence-electron chi connectivity index (χ4n) is 0.480. The van der Waals surface area contributed by atoms with Crippen LogP contribution in [0.2, 0.25) is 18.1 Å². The highest BCUT2D eigenvalue weighted by atomic mass is 28.3. The summed E-state index contributed by atoms with van der Waals surface area (Å²) in [5.41, 5.74) is 0. The third kappa shape index (κ3) is 3.30. The second-order valence-electron chi connectivity index (χ2n) is 4.82. The van der Waals surface area contributed by atoms with Crippen molar-refractivity contribution in [1.82, 2.24) is 0 Å². The highest BCUT2D eigenvalue weighted by molar-refractivity contribution is 6.80. The minimum Gasteiger partial charge on any atom is -0.481 e. The van der Waals surface area contributed by atoms with Gasteiger partial charge in [0.05, 0.1) is 14.3 Å². The maximum absolute atomic E-state index is 8.79. The number of hydrogen-bond acceptors (Lipinski definition) is 2. The summed E-state index contributed by atoms with van der Waals surface area (Å²) < 4.78 is 5.06. The average molecular weight is 188 g/mol. The topological polar surface area (TPSA) is 29.5 Å². The molecule has 3 heteroatoms. The van der Waals surface area contributed by atoms with Crippen molar-refractivity contribution in [1.29, 1.82) is 0 Å². The van der Waals surface area contributed by atoms with Crippen molar-refractivity contribution >= 4 is 8.07 Å². The lowest BCUT2D eigenvalue weighted by Crippen LogP contribution is -2.42. The van der Waals surface area contributed by atoms with Crippen LogP contribution in [0.15, 0.2) is 12.5 Å². The van der Waals surface area contributed by atoms with Crippen LogP contribution in [-0.2, 0) is 4.74 Å². The summed E-state index contributed by atoms with van der Waals surface area (Å²) >= 11 is 0. The third-order valence-corrected chi connectivity index (χ3v) is 7.56. The number of aliphatic hydroxyl groups is 1. The lowest BCUT2D eigenvalue weighted by Gasteiger charge is -2.35. The first kappa shape index (κ1) is 11.6. The molecule has 0 atom stereocenters. The summed E-state index contributed by atoms with van der Waals surface area (Å²) in [6.07, 6.45) is 0.631. The van der Waals surface area contributed by atoms with E-state index in [-0.39, 0.29) is 5.95 Å². The second-order valence-corrected chi connectivity index (χ2v) is 10.4. The Balaban J connectivity index is 4.14. The molecule has 0 radical (unpaired) electrons. The van der Waals surface area contributed by atoms with Crippen LogP contribution in [0.4, 0.5) is 0 Å². The monoisotopic (exact) mass is 188 g/mol. The summed E-state index contributed by atoms with van der Waals surface area (Å²) in [4.78, 5) is 0. The van der Waals surface area contributed by atoms with E-state index in [1.165, 1.54) is 0 Å². The van der Waals surface area contributed by atoms with E-state index in [4.69, 9.17) is 9.84 Å². The first-order valence-corrected chi connectivity index (χ1v) is 7.38. The van der Waals surface area contributed by atoms with Gasteiger partial charge < -0.3 is 9.84 Å². The Morgan fingerprint density at radius 2 is 1.83 bits per heavy atom. The maximum Gasteiger partial charge on any atom is 0.268 e. The molecule has 0 amide bonds. The summed E-state index contributed by atoms with van der Waals surface area (Å²) in [6, 6.07) is 0. The Kier molecular flexibility index (Phi) is 3.39. The average Bonchev–Trinajstić information content (AvgIpc) is 1.81. The van der Waals surface area contributed by atoms with Gasteiger partial charge in [-0.25, -0.2) is 0 Å². The molecule has 0 aliphatic heterocycles. The van der Waals surface area contributed by atoms with Gasteiger partial charge in [-0.15, -0.1) is 0 Å². The van der Waals surface area contributed by atoms with E-state index < -0.39 is 8.07 Å². The van der Waals surface area contributed by atoms with E-state index in [1.807, 2.05) is 0 Å². The van der Waals surface area contributed by atoms with E-state index in [0.29, 0.717) is 11.3 Å². The van der Waals surface area contributed by atoms with Crippen LogP contribution >= 0.6 is 0 Å². The summed E-state index contributed by atoms with van der Waals surface area (Å²) in [5, 5.41) is 9.08. The molecule has 2 nitrogen and oxygen atoms in total. The van der Waals surface area contributed by atoms with Gasteiger partial charge in [0.1, 0.15) is 0 Å². The van der Waals surface area contributed by atoms with Gasteiger partial charge in [-0.2, -0.15) is 0 Å². The maximum atomic E-state index is 8.79. The zero-order valence-corrected chi connectivity index (χ0v) is 9.77. The lowest BCUT2D eigenvalue weighted by molar-refractivity contribution is 0.120. The Bertz CT molecular complexity index is 168. The highest BCUT2D eigenvalue weighted by Crippen LogP contribution is 2.35. The van der Waals surface area contributed by atoms with E-state index in [1.54, 1.807) is 0 Å². The van der Waals surface area contributed by atoms with Crippen LogP contribution in [0, 0.1) is 0 Å². The van der Waals surface area contributed by atoms with Gasteiger partial charge >= 0.3 is 0 Å². The van der Waals surface area contributed by atoms with Gasteiger partial charge in [-0.05, 0) is 11.6 Å². The smallest absolute Gasteiger partial charge is 0.268 e. The quantitative estimate of drug-likeness (QED) is 0.545. The summed E-state index contributed by atoms with van der Waals surface area (Å²) in [7, 11) is -1.41. The van der Waals surface area contributed by atoms with Crippen LogP contribution in [0.5, 0.6) is 0 Å². The van der Waals surface area contributed by atoms with Gasteiger partial charge in [-0.1, -0.05) is 33.9 Å². The molecule has 0 bridgehead atoms. The Morgan fingerprint density at radius 3 is 2.08 bits per heavy atom. The molecule has 0 aliphatic rings. The third-order valence-electron chi connectivity index (χ3n) is 2.63. The first-order chi connectivity index (χ1) is 5.17. The standard InChI is InChI=1S/C9H20O2Si/c1-8(10)11-7-12(5,6)9(2,3)4/h10H,1,7H2,2-6H3. The molecule has 0 aromatic rings. The predicted octanol–water partition coefficient (Wildman–Crippen LogP) is 3.08. The van der Waals surface area contributed by atoms with Crippen molar-refractivity contribution < 1.29 is 9.84 Å². The van der Waals surface area contributed by atoms with Crippen LogP contribution in [0.1, 0.15) is 20.8 Å². The number of ether oxygens (including phenoxy) is 1. The Labute approximate surface area is 76.3 Å². The van der Waals surface area contributed by atoms with E-state index >= 15 is 0 Å². The van der Waals surface area contributed by atoms with Crippen molar-refractivity contribution in [2.75, 3.05) is 6.23 Å². The van der Waals surface area contributed by atoms with Crippen molar-refractivity contribution in [3.8, 4) is 0 Å². The van der Waals surface area contributed by atoms with Gasteiger partial charge in [-0.3, -0.25) is 0 Å². The van der Waals surface area contributed by atoms with Gasteiger partial charge in [0.2, 0.25) is 0 Å². The van der Waals surface area contributed by atoms with Crippen molar-refractivity contribution in [3.05, 3.63) is 12.5 Å². The van der Waals surface area contributed by atoms with Crippen LogP contribution in [-0.4, -0.2) is 19.4 Å². The Morgan fingerprint density at radius 1 is 1.42 bits per heavy atom. The number of aliphatic hydroxyl groups excluding tert-OH is 1. The summed E-state index contributed by atoms with van der Waals surface area (Å²) in [6.45, 7) is 14.4. The fraction of sp³-hybridized carbons (Fsp3) is 0.778. The normalized spacial score (nSPS) is 12.8. The molecule has 0 rings (SSSR count). The molecule has 72 valence electrons. The van der Waals surface area contributed by atoms with E-state index in [9.17, 15) is 0 Å². The molecule has 0 aromatic carbocycles. The molecule has 0 aromatic heterocycles. The second kappa shape index (κ2) is 3.52. The number of rotatable bonds is 3. The molecule has 0 aliphatic carbocycles.